The fourth-order valence-electron chi connectivity index (χ4n) is 1.81. The minimum absolute atomic E-state index is 0.294. The fourth-order valence-corrected chi connectivity index (χ4v) is 1.81. The zero-order chi connectivity index (χ0) is 14.3. The van der Waals surface area contributed by atoms with Gasteiger partial charge in [0, 0.05) is 13.2 Å². The lowest BCUT2D eigenvalue weighted by atomic mass is 10.0. The standard InChI is InChI=1S/C16H26O3/c1-6-17-16(18-7-2)11-19-15-10-14(12(3)4)9-8-13(15)5/h8-10,12,16H,6-7,11H2,1-5H3. The van der Waals surface area contributed by atoms with Gasteiger partial charge < -0.3 is 14.2 Å². The Bertz CT molecular complexity index is 368. The summed E-state index contributed by atoms with van der Waals surface area (Å²) in [6.07, 6.45) is -0.294. The third kappa shape index (κ3) is 5.21. The molecule has 0 aliphatic heterocycles. The second-order valence-electron chi connectivity index (χ2n) is 4.83. The van der Waals surface area contributed by atoms with Crippen LogP contribution in [0.4, 0.5) is 0 Å². The molecule has 0 N–H and O–H groups in total. The zero-order valence-electron chi connectivity index (χ0n) is 12.7. The van der Waals surface area contributed by atoms with Crippen molar-refractivity contribution in [3.63, 3.8) is 0 Å². The van der Waals surface area contributed by atoms with Gasteiger partial charge in [0.1, 0.15) is 12.4 Å². The summed E-state index contributed by atoms with van der Waals surface area (Å²) in [5.41, 5.74) is 2.42. The van der Waals surface area contributed by atoms with E-state index in [-0.39, 0.29) is 6.29 Å². The maximum Gasteiger partial charge on any atom is 0.191 e. The number of rotatable bonds is 8. The lowest BCUT2D eigenvalue weighted by molar-refractivity contribution is -0.152. The van der Waals surface area contributed by atoms with Crippen molar-refractivity contribution in [2.75, 3.05) is 19.8 Å². The van der Waals surface area contributed by atoms with Gasteiger partial charge in [-0.05, 0) is 43.9 Å². The van der Waals surface area contributed by atoms with Crippen molar-refractivity contribution in [1.82, 2.24) is 0 Å². The Morgan fingerprint density at radius 3 is 2.21 bits per heavy atom. The molecular formula is C16H26O3. The van der Waals surface area contributed by atoms with Crippen molar-refractivity contribution < 1.29 is 14.2 Å². The number of hydrogen-bond donors (Lipinski definition) is 0. The molecule has 0 radical (unpaired) electrons. The minimum Gasteiger partial charge on any atom is -0.488 e. The second kappa shape index (κ2) is 8.18. The van der Waals surface area contributed by atoms with E-state index in [1.54, 1.807) is 0 Å². The Hall–Kier alpha value is -1.06. The smallest absolute Gasteiger partial charge is 0.191 e. The summed E-state index contributed by atoms with van der Waals surface area (Å²) in [5, 5.41) is 0. The molecular weight excluding hydrogens is 240 g/mol. The molecule has 3 heteroatoms. The van der Waals surface area contributed by atoms with E-state index in [9.17, 15) is 0 Å². The highest BCUT2D eigenvalue weighted by Gasteiger charge is 2.11. The van der Waals surface area contributed by atoms with Gasteiger partial charge in [0.2, 0.25) is 0 Å². The topological polar surface area (TPSA) is 27.7 Å². The molecule has 0 saturated carbocycles. The normalized spacial score (nSPS) is 11.3. The second-order valence-corrected chi connectivity index (χ2v) is 4.83. The summed E-state index contributed by atoms with van der Waals surface area (Å²) >= 11 is 0. The molecule has 0 aliphatic carbocycles. The van der Waals surface area contributed by atoms with Crippen molar-refractivity contribution in [1.29, 1.82) is 0 Å². The first-order chi connectivity index (χ1) is 9.08. The van der Waals surface area contributed by atoms with Crippen LogP contribution < -0.4 is 4.74 Å². The largest absolute Gasteiger partial charge is 0.488 e. The van der Waals surface area contributed by atoms with E-state index < -0.39 is 0 Å². The monoisotopic (exact) mass is 266 g/mol. The third-order valence-electron chi connectivity index (χ3n) is 2.96. The predicted octanol–water partition coefficient (Wildman–Crippen LogP) is 3.90. The quantitative estimate of drug-likeness (QED) is 0.668. The summed E-state index contributed by atoms with van der Waals surface area (Å²) in [6.45, 7) is 12.0. The molecule has 0 amide bonds. The van der Waals surface area contributed by atoms with Crippen molar-refractivity contribution in [3.8, 4) is 5.75 Å². The summed E-state index contributed by atoms with van der Waals surface area (Å²) < 4.78 is 16.8. The first-order valence-electron chi connectivity index (χ1n) is 7.05. The van der Waals surface area contributed by atoms with Crippen LogP contribution in [-0.4, -0.2) is 26.1 Å². The molecule has 0 saturated heterocycles. The molecule has 0 atom stereocenters. The highest BCUT2D eigenvalue weighted by molar-refractivity contribution is 5.37. The predicted molar refractivity (Wildman–Crippen MR) is 77.8 cm³/mol. The van der Waals surface area contributed by atoms with E-state index in [1.807, 2.05) is 13.8 Å². The molecule has 0 aromatic heterocycles. The van der Waals surface area contributed by atoms with Crippen molar-refractivity contribution in [2.45, 2.75) is 46.8 Å². The average Bonchev–Trinajstić information content (AvgIpc) is 2.37. The van der Waals surface area contributed by atoms with Crippen molar-refractivity contribution >= 4 is 0 Å². The zero-order valence-corrected chi connectivity index (χ0v) is 12.7. The molecule has 0 fully saturated rings. The van der Waals surface area contributed by atoms with Gasteiger partial charge in [-0.25, -0.2) is 0 Å². The number of aryl methyl sites for hydroxylation is 1. The van der Waals surface area contributed by atoms with E-state index in [1.165, 1.54) is 5.56 Å². The van der Waals surface area contributed by atoms with Crippen LogP contribution in [-0.2, 0) is 9.47 Å². The molecule has 0 bridgehead atoms. The lowest BCUT2D eigenvalue weighted by Gasteiger charge is -2.19. The average molecular weight is 266 g/mol. The van der Waals surface area contributed by atoms with E-state index in [0.29, 0.717) is 25.7 Å². The molecule has 0 heterocycles. The molecule has 3 nitrogen and oxygen atoms in total. The van der Waals surface area contributed by atoms with Crippen LogP contribution in [0.2, 0.25) is 0 Å². The molecule has 1 rings (SSSR count). The molecule has 1 aromatic carbocycles. The molecule has 0 unspecified atom stereocenters. The Balaban J connectivity index is 2.67. The van der Waals surface area contributed by atoms with Gasteiger partial charge in [-0.3, -0.25) is 0 Å². The van der Waals surface area contributed by atoms with E-state index in [2.05, 4.69) is 39.0 Å². The van der Waals surface area contributed by atoms with Crippen molar-refractivity contribution in [3.05, 3.63) is 29.3 Å². The van der Waals surface area contributed by atoms with Gasteiger partial charge in [-0.1, -0.05) is 26.0 Å². The van der Waals surface area contributed by atoms with E-state index >= 15 is 0 Å². The van der Waals surface area contributed by atoms with Gasteiger partial charge >= 0.3 is 0 Å². The maximum atomic E-state index is 5.84. The maximum absolute atomic E-state index is 5.84. The summed E-state index contributed by atoms with van der Waals surface area (Å²) in [4.78, 5) is 0. The molecule has 108 valence electrons. The van der Waals surface area contributed by atoms with Gasteiger partial charge in [-0.15, -0.1) is 0 Å². The summed E-state index contributed by atoms with van der Waals surface area (Å²) in [7, 11) is 0. The van der Waals surface area contributed by atoms with Gasteiger partial charge in [0.25, 0.3) is 0 Å². The lowest BCUT2D eigenvalue weighted by Crippen LogP contribution is -2.25. The third-order valence-corrected chi connectivity index (χ3v) is 2.96. The summed E-state index contributed by atoms with van der Waals surface area (Å²) in [5.74, 6) is 1.41. The first-order valence-corrected chi connectivity index (χ1v) is 7.05. The van der Waals surface area contributed by atoms with Crippen LogP contribution in [0, 0.1) is 6.92 Å². The van der Waals surface area contributed by atoms with Gasteiger partial charge in [-0.2, -0.15) is 0 Å². The van der Waals surface area contributed by atoms with Crippen molar-refractivity contribution in [2.24, 2.45) is 0 Å². The minimum atomic E-state index is -0.294. The van der Waals surface area contributed by atoms with Crippen LogP contribution in [0.1, 0.15) is 44.7 Å². The highest BCUT2D eigenvalue weighted by Crippen LogP contribution is 2.24. The fraction of sp³-hybridized carbons (Fsp3) is 0.625. The molecule has 19 heavy (non-hydrogen) atoms. The number of hydrogen-bond acceptors (Lipinski definition) is 3. The summed E-state index contributed by atoms with van der Waals surface area (Å²) in [6, 6.07) is 6.35. The van der Waals surface area contributed by atoms with Crippen LogP contribution >= 0.6 is 0 Å². The molecule has 1 aromatic rings. The van der Waals surface area contributed by atoms with Crippen LogP contribution in [0.15, 0.2) is 18.2 Å². The Morgan fingerprint density at radius 1 is 1.05 bits per heavy atom. The highest BCUT2D eigenvalue weighted by atomic mass is 16.7. The first kappa shape index (κ1) is 16.0. The van der Waals surface area contributed by atoms with Gasteiger partial charge in [0.15, 0.2) is 6.29 Å². The van der Waals surface area contributed by atoms with Crippen LogP contribution in [0.5, 0.6) is 5.75 Å². The number of ether oxygens (including phenoxy) is 3. The molecule has 0 aliphatic rings. The Labute approximate surface area is 116 Å². The Kier molecular flexibility index (Phi) is 6.89. The van der Waals surface area contributed by atoms with E-state index in [4.69, 9.17) is 14.2 Å². The SMILES string of the molecule is CCOC(COc1cc(C(C)C)ccc1C)OCC. The molecule has 0 spiro atoms. The van der Waals surface area contributed by atoms with Crippen LogP contribution in [0.25, 0.3) is 0 Å². The van der Waals surface area contributed by atoms with E-state index in [0.717, 1.165) is 11.3 Å². The van der Waals surface area contributed by atoms with Crippen LogP contribution in [0.3, 0.4) is 0 Å². The Morgan fingerprint density at radius 2 is 1.68 bits per heavy atom. The number of benzene rings is 1. The van der Waals surface area contributed by atoms with Gasteiger partial charge in [0.05, 0.1) is 0 Å².